The molecule has 0 radical (unpaired) electrons. The van der Waals surface area contributed by atoms with Crippen LogP contribution < -0.4 is 21.0 Å². The molecular formula is C34H76N2O6Si6. The van der Waals surface area contributed by atoms with Crippen LogP contribution >= 0.6 is 0 Å². The zero-order chi connectivity index (χ0) is 36.4. The second-order valence-corrected chi connectivity index (χ2v) is 32.5. The molecule has 1 rings (SSSR count). The normalized spacial score (nSPS) is 14.0. The Kier molecular flexibility index (Phi) is 22.8. The molecule has 0 aliphatic rings. The molecular weight excluding hydrogens is 701 g/mol. The average Bonchev–Trinajstić information content (AvgIpc) is 3.03. The van der Waals surface area contributed by atoms with Crippen molar-refractivity contribution < 1.29 is 26.6 Å². The van der Waals surface area contributed by atoms with Gasteiger partial charge in [0.05, 0.1) is 27.1 Å². The summed E-state index contributed by atoms with van der Waals surface area (Å²) in [6.45, 7) is 32.1. The van der Waals surface area contributed by atoms with Crippen molar-refractivity contribution in [1.29, 1.82) is 0 Å². The summed E-state index contributed by atoms with van der Waals surface area (Å²) in [4.78, 5) is 0. The van der Waals surface area contributed by atoms with Gasteiger partial charge in [-0.1, -0.05) is 61.7 Å². The lowest BCUT2D eigenvalue weighted by Crippen LogP contribution is -2.51. The monoisotopic (exact) mass is 776 g/mol. The van der Waals surface area contributed by atoms with Crippen LogP contribution in [0.3, 0.4) is 0 Å². The Bertz CT molecular complexity index is 979. The summed E-state index contributed by atoms with van der Waals surface area (Å²) in [6, 6.07) is 8.24. The summed E-state index contributed by atoms with van der Waals surface area (Å²) in [5, 5.41) is 11.2. The van der Waals surface area contributed by atoms with E-state index in [1.54, 1.807) is 15.9 Å². The smallest absolute Gasteiger partial charge is 0.341 e. The summed E-state index contributed by atoms with van der Waals surface area (Å²) in [7, 11) is -5.45. The summed E-state index contributed by atoms with van der Waals surface area (Å²) < 4.78 is 36.8. The Morgan fingerprint density at radius 1 is 0.729 bits per heavy atom. The van der Waals surface area contributed by atoms with E-state index in [1.165, 1.54) is 11.6 Å². The van der Waals surface area contributed by atoms with Gasteiger partial charge in [-0.25, -0.2) is 0 Å². The zero-order valence-corrected chi connectivity index (χ0v) is 40.3. The van der Waals surface area contributed by atoms with Crippen LogP contribution in [0, 0.1) is 0 Å². The Morgan fingerprint density at radius 2 is 1.19 bits per heavy atom. The van der Waals surface area contributed by atoms with Gasteiger partial charge < -0.3 is 37.2 Å². The lowest BCUT2D eigenvalue weighted by atomic mass is 10.0. The Labute approximate surface area is 305 Å². The fraction of sp³-hybridized carbons (Fsp3) is 0.824. The minimum atomic E-state index is -2.38. The average molecular weight is 778 g/mol. The highest BCUT2D eigenvalue weighted by molar-refractivity contribution is 6.83. The molecule has 0 spiro atoms. The minimum absolute atomic E-state index is 0.289. The van der Waals surface area contributed by atoms with E-state index in [2.05, 4.69) is 103 Å². The van der Waals surface area contributed by atoms with Gasteiger partial charge in [-0.15, -0.1) is 0 Å². The molecule has 0 aliphatic carbocycles. The highest BCUT2D eigenvalue weighted by atomic mass is 28.4. The molecule has 0 heterocycles. The van der Waals surface area contributed by atoms with Crippen molar-refractivity contribution in [3.63, 3.8) is 0 Å². The molecule has 0 aromatic heterocycles. The molecule has 1 unspecified atom stereocenters. The van der Waals surface area contributed by atoms with Gasteiger partial charge in [0.1, 0.15) is 0 Å². The summed E-state index contributed by atoms with van der Waals surface area (Å²) in [6.07, 6.45) is 3.25. The van der Waals surface area contributed by atoms with Gasteiger partial charge >= 0.3 is 25.7 Å². The van der Waals surface area contributed by atoms with E-state index in [1.807, 2.05) is 14.2 Å². The van der Waals surface area contributed by atoms with Crippen molar-refractivity contribution in [2.24, 2.45) is 0 Å². The van der Waals surface area contributed by atoms with Crippen molar-refractivity contribution in [1.82, 2.24) is 10.6 Å². The van der Waals surface area contributed by atoms with Crippen molar-refractivity contribution in [2.75, 3.05) is 53.7 Å². The second-order valence-electron chi connectivity index (χ2n) is 14.2. The minimum Gasteiger partial charge on any atom is -0.397 e. The zero-order valence-electron chi connectivity index (χ0n) is 33.6. The third-order valence-electron chi connectivity index (χ3n) is 9.78. The van der Waals surface area contributed by atoms with E-state index in [-0.39, 0.29) is 5.54 Å². The maximum atomic E-state index is 6.16. The van der Waals surface area contributed by atoms with E-state index in [4.69, 9.17) is 26.6 Å². The summed E-state index contributed by atoms with van der Waals surface area (Å²) in [5.41, 5.74) is 3.39. The quantitative estimate of drug-likeness (QED) is 0.0719. The first-order valence-corrected chi connectivity index (χ1v) is 34.0. The number of rotatable bonds is 28. The molecule has 0 aliphatic heterocycles. The number of nitrogens with one attached hydrogen (secondary N) is 2. The van der Waals surface area contributed by atoms with Crippen LogP contribution in [0.2, 0.25) is 64.0 Å². The highest BCUT2D eigenvalue weighted by Gasteiger charge is 2.40. The van der Waals surface area contributed by atoms with Gasteiger partial charge in [0.2, 0.25) is 0 Å². The first-order chi connectivity index (χ1) is 22.7. The Morgan fingerprint density at radius 3 is 1.56 bits per heavy atom. The molecule has 0 fully saturated rings. The molecule has 1 aromatic carbocycles. The van der Waals surface area contributed by atoms with Gasteiger partial charge in [-0.3, -0.25) is 0 Å². The number of hydrogen-bond donors (Lipinski definition) is 2. The third-order valence-corrected chi connectivity index (χ3v) is 25.2. The molecule has 48 heavy (non-hydrogen) atoms. The van der Waals surface area contributed by atoms with Crippen LogP contribution in [-0.2, 0) is 33.0 Å². The third kappa shape index (κ3) is 15.0. The van der Waals surface area contributed by atoms with E-state index in [0.29, 0.717) is 5.79 Å². The van der Waals surface area contributed by atoms with E-state index in [0.717, 1.165) is 70.9 Å². The molecule has 282 valence electrons. The molecule has 0 amide bonds. The first-order valence-electron chi connectivity index (χ1n) is 19.0. The van der Waals surface area contributed by atoms with Crippen LogP contribution in [0.25, 0.3) is 0 Å². The largest absolute Gasteiger partial charge is 0.397 e. The van der Waals surface area contributed by atoms with Gasteiger partial charge in [-0.05, 0) is 103 Å². The molecule has 0 saturated heterocycles. The van der Waals surface area contributed by atoms with Gasteiger partial charge in [0.15, 0.2) is 0 Å². The molecule has 14 heteroatoms. The molecule has 0 saturated carbocycles. The van der Waals surface area contributed by atoms with E-state index >= 15 is 0 Å². The fourth-order valence-corrected chi connectivity index (χ4v) is 20.6. The number of hydrogen-bond acceptors (Lipinski definition) is 8. The summed E-state index contributed by atoms with van der Waals surface area (Å²) >= 11 is 0. The number of benzene rings is 1. The topological polar surface area (TPSA) is 79.4 Å². The fourth-order valence-electron chi connectivity index (χ4n) is 7.01. The number of aryl methyl sites for hydroxylation is 1. The lowest BCUT2D eigenvalue weighted by molar-refractivity contribution is 0.188. The predicted octanol–water partition coefficient (Wildman–Crippen LogP) is 4.74. The van der Waals surface area contributed by atoms with Crippen LogP contribution in [0.4, 0.5) is 0 Å². The van der Waals surface area contributed by atoms with E-state index < -0.39 is 52.8 Å². The van der Waals surface area contributed by atoms with Gasteiger partial charge in [0.25, 0.3) is 0 Å². The lowest BCUT2D eigenvalue weighted by Gasteiger charge is -2.34. The van der Waals surface area contributed by atoms with Gasteiger partial charge in [-0.2, -0.15) is 0 Å². The van der Waals surface area contributed by atoms with Crippen molar-refractivity contribution in [2.45, 2.75) is 129 Å². The molecule has 1 atom stereocenters. The Hall–Kier alpha value is 0.201. The SMILES string of the molecule is CCO[Si](C)(CCCNC(NCCC[Si](C)(OCC)OCC)[SiH2]CCc1ccc([SiH](C)C)c([SiH](C)C)c1C(C)[Si](C)(OC)OC)OCC. The maximum absolute atomic E-state index is 6.16. The van der Waals surface area contributed by atoms with Crippen LogP contribution in [0.15, 0.2) is 12.1 Å². The highest BCUT2D eigenvalue weighted by Crippen LogP contribution is 2.30. The van der Waals surface area contributed by atoms with Crippen LogP contribution in [0.1, 0.15) is 64.1 Å². The van der Waals surface area contributed by atoms with Crippen molar-refractivity contribution in [3.05, 3.63) is 23.3 Å². The molecule has 8 nitrogen and oxygen atoms in total. The molecule has 2 N–H and O–H groups in total. The predicted molar refractivity (Wildman–Crippen MR) is 223 cm³/mol. The van der Waals surface area contributed by atoms with Crippen LogP contribution in [-0.4, -0.2) is 112 Å². The van der Waals surface area contributed by atoms with E-state index in [9.17, 15) is 0 Å². The van der Waals surface area contributed by atoms with Crippen LogP contribution in [0.5, 0.6) is 0 Å². The molecule has 1 aromatic rings. The molecule has 0 bridgehead atoms. The summed E-state index contributed by atoms with van der Waals surface area (Å²) in [5.74, 6) is 0.379. The Balaban J connectivity index is 3.18. The second kappa shape index (κ2) is 23.7. The first kappa shape index (κ1) is 46.2. The standard InChI is InChI=1S/C34H76N2O6Si6/c1-15-39-46(12,40-16-2)27-19-24-35-34(36-25-20-28-47(13,41-17-3)42-18-4)43-26-23-30-21-22-31(44(8)9)33(45(10)11)32(30)29(5)48(14,37-6)38-7/h21-22,29,34-36,44-45H,15-20,23-28,43H2,1-14H3. The van der Waals surface area contributed by atoms with Gasteiger partial charge in [0, 0.05) is 52.0 Å². The van der Waals surface area contributed by atoms with Crippen molar-refractivity contribution >= 4 is 63.2 Å². The maximum Gasteiger partial charge on any atom is 0.341 e. The van der Waals surface area contributed by atoms with Crippen molar-refractivity contribution in [3.8, 4) is 0 Å².